The van der Waals surface area contributed by atoms with Gasteiger partial charge in [-0.2, -0.15) is 0 Å². The van der Waals surface area contributed by atoms with Gasteiger partial charge in [0.25, 0.3) is 0 Å². The fourth-order valence-corrected chi connectivity index (χ4v) is 4.19. The van der Waals surface area contributed by atoms with Gasteiger partial charge in [0.15, 0.2) is 0 Å². The van der Waals surface area contributed by atoms with E-state index in [-0.39, 0.29) is 0 Å². The number of nitrogens with one attached hydrogen (secondary N) is 1. The number of hydrogen-bond acceptors (Lipinski definition) is 3. The van der Waals surface area contributed by atoms with E-state index in [0.29, 0.717) is 12.1 Å². The smallest absolute Gasteiger partial charge is 0.0601 e. The molecule has 2 heterocycles. The number of nitrogens with zero attached hydrogens (tertiary/aromatic N) is 2. The fourth-order valence-electron chi connectivity index (χ4n) is 4.19. The normalized spacial score (nSPS) is 15.8. The van der Waals surface area contributed by atoms with Crippen LogP contribution in [0.3, 0.4) is 0 Å². The molecule has 1 aromatic heterocycles. The molecule has 28 heavy (non-hydrogen) atoms. The van der Waals surface area contributed by atoms with E-state index in [4.69, 9.17) is 0 Å². The van der Waals surface area contributed by atoms with E-state index < -0.39 is 0 Å². The summed E-state index contributed by atoms with van der Waals surface area (Å²) >= 11 is 0. The van der Waals surface area contributed by atoms with Crippen molar-refractivity contribution in [2.75, 3.05) is 13.1 Å². The van der Waals surface area contributed by atoms with Gasteiger partial charge >= 0.3 is 0 Å². The molecule has 3 nitrogen and oxygen atoms in total. The lowest BCUT2D eigenvalue weighted by atomic mass is 9.94. The van der Waals surface area contributed by atoms with Gasteiger partial charge in [0.1, 0.15) is 0 Å². The monoisotopic (exact) mass is 371 g/mol. The Morgan fingerprint density at radius 3 is 2.04 bits per heavy atom. The number of aromatic nitrogens is 1. The SMILES string of the molecule is Cc1cccc(CNC2CCN(C(c3ccccc3)c3ccccc3)CC2)n1. The zero-order valence-corrected chi connectivity index (χ0v) is 16.6. The summed E-state index contributed by atoms with van der Waals surface area (Å²) in [6.07, 6.45) is 2.34. The third-order valence-electron chi connectivity index (χ3n) is 5.64. The molecule has 2 aromatic carbocycles. The molecule has 3 heteroatoms. The molecule has 0 aliphatic carbocycles. The average molecular weight is 372 g/mol. The van der Waals surface area contributed by atoms with Crippen molar-refractivity contribution in [3.8, 4) is 0 Å². The van der Waals surface area contributed by atoms with Gasteiger partial charge in [-0.15, -0.1) is 0 Å². The van der Waals surface area contributed by atoms with Crippen LogP contribution >= 0.6 is 0 Å². The minimum absolute atomic E-state index is 0.335. The van der Waals surface area contributed by atoms with Gasteiger partial charge in [0.05, 0.1) is 11.7 Å². The third-order valence-corrected chi connectivity index (χ3v) is 5.64. The predicted octanol–water partition coefficient (Wildman–Crippen LogP) is 4.73. The quantitative estimate of drug-likeness (QED) is 0.679. The molecule has 0 bridgehead atoms. The number of piperidine rings is 1. The van der Waals surface area contributed by atoms with Crippen molar-refractivity contribution in [3.05, 3.63) is 101 Å². The minimum Gasteiger partial charge on any atom is -0.308 e. The van der Waals surface area contributed by atoms with Crippen molar-refractivity contribution in [1.29, 1.82) is 0 Å². The summed E-state index contributed by atoms with van der Waals surface area (Å²) in [4.78, 5) is 7.24. The van der Waals surface area contributed by atoms with E-state index >= 15 is 0 Å². The maximum atomic E-state index is 4.61. The van der Waals surface area contributed by atoms with Gasteiger partial charge in [0, 0.05) is 31.4 Å². The number of pyridine rings is 1. The largest absolute Gasteiger partial charge is 0.308 e. The molecule has 0 amide bonds. The van der Waals surface area contributed by atoms with Crippen molar-refractivity contribution in [2.45, 2.75) is 38.4 Å². The number of rotatable bonds is 6. The van der Waals surface area contributed by atoms with E-state index in [9.17, 15) is 0 Å². The van der Waals surface area contributed by atoms with E-state index in [0.717, 1.165) is 31.0 Å². The van der Waals surface area contributed by atoms with E-state index in [1.807, 2.05) is 0 Å². The summed E-state index contributed by atoms with van der Waals surface area (Å²) < 4.78 is 0. The summed E-state index contributed by atoms with van der Waals surface area (Å²) in [6, 6.07) is 29.0. The molecule has 1 aliphatic heterocycles. The van der Waals surface area contributed by atoms with Crippen molar-refractivity contribution in [3.63, 3.8) is 0 Å². The maximum Gasteiger partial charge on any atom is 0.0601 e. The lowest BCUT2D eigenvalue weighted by molar-refractivity contribution is 0.162. The topological polar surface area (TPSA) is 28.2 Å². The molecule has 0 atom stereocenters. The van der Waals surface area contributed by atoms with Crippen LogP contribution in [0.1, 0.15) is 41.4 Å². The highest BCUT2D eigenvalue weighted by Crippen LogP contribution is 2.31. The number of hydrogen-bond donors (Lipinski definition) is 1. The van der Waals surface area contributed by atoms with Gasteiger partial charge in [-0.25, -0.2) is 0 Å². The fraction of sp³-hybridized carbons (Fsp3) is 0.320. The highest BCUT2D eigenvalue weighted by Gasteiger charge is 2.27. The van der Waals surface area contributed by atoms with Gasteiger partial charge in [0.2, 0.25) is 0 Å². The summed E-state index contributed by atoms with van der Waals surface area (Å²) in [5, 5.41) is 3.71. The van der Waals surface area contributed by atoms with Gasteiger partial charge < -0.3 is 5.32 Å². The molecule has 0 radical (unpaired) electrons. The Morgan fingerprint density at radius 1 is 0.857 bits per heavy atom. The average Bonchev–Trinajstić information content (AvgIpc) is 2.75. The molecule has 4 rings (SSSR count). The molecule has 1 fully saturated rings. The predicted molar refractivity (Wildman–Crippen MR) is 115 cm³/mol. The Bertz CT molecular complexity index is 816. The molecular weight excluding hydrogens is 342 g/mol. The second kappa shape index (κ2) is 9.13. The van der Waals surface area contributed by atoms with Gasteiger partial charge in [-0.05, 0) is 43.0 Å². The Morgan fingerprint density at radius 2 is 1.46 bits per heavy atom. The maximum absolute atomic E-state index is 4.61. The summed E-state index contributed by atoms with van der Waals surface area (Å²) in [5.74, 6) is 0. The Labute approximate surface area is 168 Å². The lowest BCUT2D eigenvalue weighted by Crippen LogP contribution is -2.44. The standard InChI is InChI=1S/C25H29N3/c1-20-9-8-14-24(27-20)19-26-23-15-17-28(18-16-23)25(21-10-4-2-5-11-21)22-12-6-3-7-13-22/h2-14,23,25-26H,15-19H2,1H3. The van der Waals surface area contributed by atoms with E-state index in [1.54, 1.807) is 0 Å². The van der Waals surface area contributed by atoms with Crippen LogP contribution in [0, 0.1) is 6.92 Å². The Hall–Kier alpha value is -2.49. The highest BCUT2D eigenvalue weighted by molar-refractivity contribution is 5.32. The highest BCUT2D eigenvalue weighted by atomic mass is 15.2. The van der Waals surface area contributed by atoms with Crippen molar-refractivity contribution >= 4 is 0 Å². The number of likely N-dealkylation sites (tertiary alicyclic amines) is 1. The second-order valence-corrected chi connectivity index (χ2v) is 7.69. The zero-order chi connectivity index (χ0) is 19.2. The van der Waals surface area contributed by atoms with Crippen LogP contribution in [0.5, 0.6) is 0 Å². The summed E-state index contributed by atoms with van der Waals surface area (Å²) in [5.41, 5.74) is 4.98. The zero-order valence-electron chi connectivity index (χ0n) is 16.6. The van der Waals surface area contributed by atoms with Crippen molar-refractivity contribution in [1.82, 2.24) is 15.2 Å². The van der Waals surface area contributed by atoms with Gasteiger partial charge in [-0.3, -0.25) is 9.88 Å². The first-order chi connectivity index (χ1) is 13.8. The first kappa shape index (κ1) is 18.9. The van der Waals surface area contributed by atoms with Crippen LogP contribution in [0.15, 0.2) is 78.9 Å². The van der Waals surface area contributed by atoms with Crippen molar-refractivity contribution in [2.24, 2.45) is 0 Å². The summed E-state index contributed by atoms with van der Waals surface area (Å²) in [7, 11) is 0. The molecule has 0 unspecified atom stereocenters. The molecule has 0 saturated carbocycles. The Balaban J connectivity index is 1.40. The number of benzene rings is 2. The second-order valence-electron chi connectivity index (χ2n) is 7.69. The molecule has 3 aromatic rings. The van der Waals surface area contributed by atoms with Crippen LogP contribution in [0.2, 0.25) is 0 Å². The van der Waals surface area contributed by atoms with Crippen LogP contribution in [-0.4, -0.2) is 29.0 Å². The molecule has 144 valence electrons. The molecule has 1 aliphatic rings. The molecule has 0 spiro atoms. The number of aryl methyl sites for hydroxylation is 1. The molecule has 1 saturated heterocycles. The molecule has 1 N–H and O–H groups in total. The van der Waals surface area contributed by atoms with Crippen LogP contribution in [-0.2, 0) is 6.54 Å². The van der Waals surface area contributed by atoms with Crippen molar-refractivity contribution < 1.29 is 0 Å². The van der Waals surface area contributed by atoms with Gasteiger partial charge in [-0.1, -0.05) is 66.7 Å². The van der Waals surface area contributed by atoms with E-state index in [1.165, 1.54) is 24.0 Å². The first-order valence-electron chi connectivity index (χ1n) is 10.3. The minimum atomic E-state index is 0.335. The lowest BCUT2D eigenvalue weighted by Gasteiger charge is -2.38. The van der Waals surface area contributed by atoms with Crippen LogP contribution in [0.4, 0.5) is 0 Å². The van der Waals surface area contributed by atoms with Crippen LogP contribution < -0.4 is 5.32 Å². The van der Waals surface area contributed by atoms with E-state index in [2.05, 4.69) is 101 Å². The molecular formula is C25H29N3. The third kappa shape index (κ3) is 4.67. The van der Waals surface area contributed by atoms with Crippen LogP contribution in [0.25, 0.3) is 0 Å². The summed E-state index contributed by atoms with van der Waals surface area (Å²) in [6.45, 7) is 5.11. The first-order valence-corrected chi connectivity index (χ1v) is 10.3. The Kier molecular flexibility index (Phi) is 6.15.